The van der Waals surface area contributed by atoms with E-state index in [9.17, 15) is 0 Å². The van der Waals surface area contributed by atoms with Crippen LogP contribution in [0.4, 0.5) is 0 Å². The van der Waals surface area contributed by atoms with Crippen LogP contribution in [-0.2, 0) is 16.9 Å². The van der Waals surface area contributed by atoms with Crippen LogP contribution in [0.2, 0.25) is 0 Å². The Balaban J connectivity index is 2.29. The number of tetrazole rings is 1. The third kappa shape index (κ3) is 2.32. The summed E-state index contributed by atoms with van der Waals surface area (Å²) in [4.78, 5) is 0. The van der Waals surface area contributed by atoms with Crippen molar-refractivity contribution >= 4 is 0 Å². The van der Waals surface area contributed by atoms with Gasteiger partial charge in [-0.1, -0.05) is 13.3 Å². The molecule has 96 valence electrons. The maximum absolute atomic E-state index is 5.78. The summed E-state index contributed by atoms with van der Waals surface area (Å²) < 4.78 is 7.56. The largest absolute Gasteiger partial charge is 0.370 e. The molecule has 6 heteroatoms. The molecule has 1 saturated carbocycles. The van der Waals surface area contributed by atoms with Gasteiger partial charge in [-0.2, -0.15) is 0 Å². The second-order valence-corrected chi connectivity index (χ2v) is 4.91. The van der Waals surface area contributed by atoms with Crippen molar-refractivity contribution in [2.45, 2.75) is 44.8 Å². The molecule has 2 rings (SSSR count). The van der Waals surface area contributed by atoms with Gasteiger partial charge in [0.05, 0.1) is 6.54 Å². The van der Waals surface area contributed by atoms with E-state index in [1.165, 1.54) is 6.42 Å². The lowest BCUT2D eigenvalue weighted by Gasteiger charge is -2.37. The summed E-state index contributed by atoms with van der Waals surface area (Å²) >= 11 is 0. The predicted molar refractivity (Wildman–Crippen MR) is 63.2 cm³/mol. The normalized spacial score (nSPS) is 29.5. The standard InChI is InChI=1S/C11H21N5O/c1-9-4-3-5-11(8-9,17-2)10-13-14-15-16(10)7-6-12/h9H,3-8,12H2,1-2H3. The van der Waals surface area contributed by atoms with Gasteiger partial charge in [-0.05, 0) is 35.6 Å². The van der Waals surface area contributed by atoms with Crippen molar-refractivity contribution < 1.29 is 4.74 Å². The Bertz CT molecular complexity index is 366. The number of methoxy groups -OCH3 is 1. The van der Waals surface area contributed by atoms with E-state index in [4.69, 9.17) is 10.5 Å². The van der Waals surface area contributed by atoms with Crippen LogP contribution >= 0.6 is 0 Å². The van der Waals surface area contributed by atoms with Crippen molar-refractivity contribution in [3.63, 3.8) is 0 Å². The van der Waals surface area contributed by atoms with Gasteiger partial charge in [0.15, 0.2) is 5.82 Å². The summed E-state index contributed by atoms with van der Waals surface area (Å²) in [6.07, 6.45) is 4.38. The van der Waals surface area contributed by atoms with Gasteiger partial charge in [0.25, 0.3) is 0 Å². The van der Waals surface area contributed by atoms with Crippen LogP contribution in [0.5, 0.6) is 0 Å². The molecule has 0 aromatic carbocycles. The van der Waals surface area contributed by atoms with Crippen molar-refractivity contribution in [3.8, 4) is 0 Å². The Labute approximate surface area is 102 Å². The number of nitrogens with two attached hydrogens (primary N) is 1. The molecule has 1 aromatic rings. The molecule has 1 fully saturated rings. The zero-order valence-corrected chi connectivity index (χ0v) is 10.6. The molecular formula is C11H21N5O. The molecule has 1 aliphatic carbocycles. The Kier molecular flexibility index (Phi) is 3.73. The molecule has 0 spiro atoms. The van der Waals surface area contributed by atoms with E-state index in [0.29, 0.717) is 19.0 Å². The van der Waals surface area contributed by atoms with Crippen LogP contribution in [-0.4, -0.2) is 33.9 Å². The minimum Gasteiger partial charge on any atom is -0.370 e. The maximum Gasteiger partial charge on any atom is 0.183 e. The average Bonchev–Trinajstić information content (AvgIpc) is 2.78. The first-order valence-corrected chi connectivity index (χ1v) is 6.24. The van der Waals surface area contributed by atoms with Gasteiger partial charge in [0, 0.05) is 13.7 Å². The fourth-order valence-corrected chi connectivity index (χ4v) is 2.79. The SMILES string of the molecule is COC1(c2nnnn2CCN)CCCC(C)C1. The molecule has 2 atom stereocenters. The number of hydrogen-bond acceptors (Lipinski definition) is 5. The van der Waals surface area contributed by atoms with Crippen LogP contribution in [0, 0.1) is 5.92 Å². The molecule has 0 saturated heterocycles. The second-order valence-electron chi connectivity index (χ2n) is 4.91. The van der Waals surface area contributed by atoms with Crippen LogP contribution in [0.1, 0.15) is 38.4 Å². The highest BCUT2D eigenvalue weighted by Crippen LogP contribution is 2.41. The Morgan fingerprint density at radius 1 is 1.59 bits per heavy atom. The summed E-state index contributed by atoms with van der Waals surface area (Å²) in [5, 5.41) is 11.9. The Morgan fingerprint density at radius 3 is 3.06 bits per heavy atom. The lowest BCUT2D eigenvalue weighted by molar-refractivity contribution is -0.0676. The van der Waals surface area contributed by atoms with Crippen molar-refractivity contribution in [3.05, 3.63) is 5.82 Å². The van der Waals surface area contributed by atoms with Gasteiger partial charge in [0.1, 0.15) is 5.60 Å². The summed E-state index contributed by atoms with van der Waals surface area (Å²) in [6, 6.07) is 0. The first-order valence-electron chi connectivity index (χ1n) is 6.24. The fourth-order valence-electron chi connectivity index (χ4n) is 2.79. The van der Waals surface area contributed by atoms with Crippen LogP contribution in [0.15, 0.2) is 0 Å². The van der Waals surface area contributed by atoms with Gasteiger partial charge < -0.3 is 10.5 Å². The van der Waals surface area contributed by atoms with E-state index in [0.717, 1.165) is 25.1 Å². The molecule has 0 aliphatic heterocycles. The molecule has 1 aliphatic rings. The molecule has 1 aromatic heterocycles. The lowest BCUT2D eigenvalue weighted by Crippen LogP contribution is -2.37. The maximum atomic E-state index is 5.78. The van der Waals surface area contributed by atoms with Gasteiger partial charge >= 0.3 is 0 Å². The van der Waals surface area contributed by atoms with Gasteiger partial charge in [-0.25, -0.2) is 4.68 Å². The molecule has 2 N–H and O–H groups in total. The smallest absolute Gasteiger partial charge is 0.183 e. The monoisotopic (exact) mass is 239 g/mol. The third-order valence-corrected chi connectivity index (χ3v) is 3.63. The van der Waals surface area contributed by atoms with Crippen LogP contribution < -0.4 is 5.73 Å². The zero-order chi connectivity index (χ0) is 12.3. The van der Waals surface area contributed by atoms with E-state index in [1.54, 1.807) is 11.8 Å². The van der Waals surface area contributed by atoms with Crippen molar-refractivity contribution in [2.75, 3.05) is 13.7 Å². The van der Waals surface area contributed by atoms with Crippen LogP contribution in [0.3, 0.4) is 0 Å². The van der Waals surface area contributed by atoms with Crippen molar-refractivity contribution in [1.29, 1.82) is 0 Å². The third-order valence-electron chi connectivity index (χ3n) is 3.63. The van der Waals surface area contributed by atoms with E-state index in [-0.39, 0.29) is 5.60 Å². The second kappa shape index (κ2) is 5.10. The Morgan fingerprint density at radius 2 is 2.41 bits per heavy atom. The minimum absolute atomic E-state index is 0.323. The summed E-state index contributed by atoms with van der Waals surface area (Å²) in [7, 11) is 1.75. The van der Waals surface area contributed by atoms with E-state index in [2.05, 4.69) is 22.4 Å². The van der Waals surface area contributed by atoms with Gasteiger partial charge in [-0.3, -0.25) is 0 Å². The summed E-state index contributed by atoms with van der Waals surface area (Å²) in [5.41, 5.74) is 5.25. The quantitative estimate of drug-likeness (QED) is 0.836. The van der Waals surface area contributed by atoms with Gasteiger partial charge in [0.2, 0.25) is 0 Å². The lowest BCUT2D eigenvalue weighted by atomic mass is 9.78. The average molecular weight is 239 g/mol. The summed E-state index contributed by atoms with van der Waals surface area (Å²) in [6.45, 7) is 3.43. The summed E-state index contributed by atoms with van der Waals surface area (Å²) in [5.74, 6) is 1.48. The molecule has 17 heavy (non-hydrogen) atoms. The highest BCUT2D eigenvalue weighted by Gasteiger charge is 2.41. The molecular weight excluding hydrogens is 218 g/mol. The Hall–Kier alpha value is -1.01. The highest BCUT2D eigenvalue weighted by atomic mass is 16.5. The number of hydrogen-bond donors (Lipinski definition) is 1. The number of nitrogens with zero attached hydrogens (tertiary/aromatic N) is 4. The minimum atomic E-state index is -0.323. The first-order chi connectivity index (χ1) is 8.22. The molecule has 1 heterocycles. The van der Waals surface area contributed by atoms with E-state index >= 15 is 0 Å². The first kappa shape index (κ1) is 12.4. The molecule has 6 nitrogen and oxygen atoms in total. The highest BCUT2D eigenvalue weighted by molar-refractivity contribution is 5.03. The van der Waals surface area contributed by atoms with E-state index < -0.39 is 0 Å². The molecule has 0 bridgehead atoms. The van der Waals surface area contributed by atoms with Crippen molar-refractivity contribution in [2.24, 2.45) is 11.7 Å². The fraction of sp³-hybridized carbons (Fsp3) is 0.909. The number of ether oxygens (including phenoxy) is 1. The molecule has 2 unspecified atom stereocenters. The van der Waals surface area contributed by atoms with Gasteiger partial charge in [-0.15, -0.1) is 5.10 Å². The number of rotatable bonds is 4. The van der Waals surface area contributed by atoms with Crippen molar-refractivity contribution in [1.82, 2.24) is 20.2 Å². The molecule has 0 amide bonds. The number of aromatic nitrogens is 4. The zero-order valence-electron chi connectivity index (χ0n) is 10.6. The molecule has 0 radical (unpaired) electrons. The van der Waals surface area contributed by atoms with E-state index in [1.807, 2.05) is 0 Å². The predicted octanol–water partition coefficient (Wildman–Crippen LogP) is 0.684. The van der Waals surface area contributed by atoms with Crippen LogP contribution in [0.25, 0.3) is 0 Å². The topological polar surface area (TPSA) is 78.9 Å².